The number of hydrogen-bond donors (Lipinski definition) is 2. The third-order valence-corrected chi connectivity index (χ3v) is 6.86. The van der Waals surface area contributed by atoms with Crippen molar-refractivity contribution in [1.29, 1.82) is 0 Å². The van der Waals surface area contributed by atoms with Crippen LogP contribution in [0.4, 0.5) is 5.69 Å². The molecule has 0 fully saturated rings. The maximum absolute atomic E-state index is 13.4. The SMILES string of the molecule is Cc1cc(C)c(C[C@H](N)C(=O)N(C)[C@H]2CCNc3ccc(Cc4ccccc4)cc32)c(C)c1. The number of likely N-dealkylation sites (N-methyl/N-ethyl adjacent to an activating group) is 1. The van der Waals surface area contributed by atoms with Crippen molar-refractivity contribution in [3.8, 4) is 0 Å². The molecule has 0 saturated heterocycles. The first-order valence-electron chi connectivity index (χ1n) is 11.8. The van der Waals surface area contributed by atoms with Crippen LogP contribution in [0.2, 0.25) is 0 Å². The topological polar surface area (TPSA) is 58.4 Å². The van der Waals surface area contributed by atoms with E-state index in [4.69, 9.17) is 5.73 Å². The predicted molar refractivity (Wildman–Crippen MR) is 137 cm³/mol. The molecule has 3 aromatic rings. The fourth-order valence-electron chi connectivity index (χ4n) is 5.15. The summed E-state index contributed by atoms with van der Waals surface area (Å²) in [7, 11) is 1.90. The van der Waals surface area contributed by atoms with E-state index in [0.29, 0.717) is 6.42 Å². The summed E-state index contributed by atoms with van der Waals surface area (Å²) in [6, 6.07) is 20.9. The highest BCUT2D eigenvalue weighted by atomic mass is 16.2. The first-order valence-corrected chi connectivity index (χ1v) is 11.8. The molecule has 172 valence electrons. The molecule has 0 saturated carbocycles. The van der Waals surface area contributed by atoms with Crippen molar-refractivity contribution in [2.75, 3.05) is 18.9 Å². The van der Waals surface area contributed by atoms with Crippen molar-refractivity contribution in [1.82, 2.24) is 4.90 Å². The lowest BCUT2D eigenvalue weighted by molar-refractivity contribution is -0.133. The van der Waals surface area contributed by atoms with Crippen molar-refractivity contribution in [2.24, 2.45) is 5.73 Å². The van der Waals surface area contributed by atoms with Crippen LogP contribution in [0, 0.1) is 20.8 Å². The zero-order valence-electron chi connectivity index (χ0n) is 20.2. The molecule has 1 aliphatic rings. The van der Waals surface area contributed by atoms with E-state index in [1.807, 2.05) is 18.0 Å². The molecule has 0 aromatic heterocycles. The standard InChI is InChI=1S/C29H35N3O/c1-19-14-20(2)24(21(3)15-19)18-26(30)29(33)32(4)28-12-13-31-27-11-10-23(17-25(27)28)16-22-8-6-5-7-9-22/h5-11,14-15,17,26,28,31H,12-13,16,18,30H2,1-4H3/t26-,28-/m0/s1. The number of carbonyl (C=O) groups is 1. The van der Waals surface area contributed by atoms with E-state index in [-0.39, 0.29) is 11.9 Å². The van der Waals surface area contributed by atoms with Gasteiger partial charge in [-0.25, -0.2) is 0 Å². The van der Waals surface area contributed by atoms with Gasteiger partial charge in [-0.2, -0.15) is 0 Å². The number of rotatable bonds is 6. The van der Waals surface area contributed by atoms with Gasteiger partial charge in [-0.1, -0.05) is 60.2 Å². The molecule has 0 aliphatic carbocycles. The Hall–Kier alpha value is -3.11. The van der Waals surface area contributed by atoms with E-state index in [9.17, 15) is 4.79 Å². The van der Waals surface area contributed by atoms with Crippen molar-refractivity contribution < 1.29 is 4.79 Å². The fraction of sp³-hybridized carbons (Fsp3) is 0.345. The molecular formula is C29H35N3O. The summed E-state index contributed by atoms with van der Waals surface area (Å²) >= 11 is 0. The second-order valence-electron chi connectivity index (χ2n) is 9.45. The van der Waals surface area contributed by atoms with E-state index in [1.165, 1.54) is 38.9 Å². The summed E-state index contributed by atoms with van der Waals surface area (Å²) in [5, 5.41) is 3.50. The number of carbonyl (C=O) groups excluding carboxylic acids is 1. The first kappa shape index (κ1) is 23.1. The average Bonchev–Trinajstić information content (AvgIpc) is 2.80. The van der Waals surface area contributed by atoms with Crippen molar-refractivity contribution in [3.05, 3.63) is 99.6 Å². The van der Waals surface area contributed by atoms with Gasteiger partial charge in [0.1, 0.15) is 0 Å². The van der Waals surface area contributed by atoms with E-state index in [2.05, 4.69) is 80.7 Å². The van der Waals surface area contributed by atoms with Gasteiger partial charge in [0.25, 0.3) is 0 Å². The van der Waals surface area contributed by atoms with Crippen LogP contribution in [0.15, 0.2) is 60.7 Å². The molecule has 0 radical (unpaired) electrons. The van der Waals surface area contributed by atoms with Crippen LogP contribution in [-0.2, 0) is 17.6 Å². The Kier molecular flexibility index (Phi) is 6.85. The Labute approximate surface area is 197 Å². The number of amides is 1. The van der Waals surface area contributed by atoms with Crippen LogP contribution in [0.25, 0.3) is 0 Å². The maximum Gasteiger partial charge on any atom is 0.240 e. The monoisotopic (exact) mass is 441 g/mol. The number of benzene rings is 3. The molecule has 1 heterocycles. The summed E-state index contributed by atoms with van der Waals surface area (Å²) in [4.78, 5) is 15.3. The highest BCUT2D eigenvalue weighted by Crippen LogP contribution is 2.35. The Morgan fingerprint density at radius 3 is 2.42 bits per heavy atom. The lowest BCUT2D eigenvalue weighted by Gasteiger charge is -2.35. The number of nitrogens with zero attached hydrogens (tertiary/aromatic N) is 1. The lowest BCUT2D eigenvalue weighted by atomic mass is 9.91. The minimum Gasteiger partial charge on any atom is -0.385 e. The highest BCUT2D eigenvalue weighted by molar-refractivity contribution is 5.82. The molecular weight excluding hydrogens is 406 g/mol. The Balaban J connectivity index is 1.53. The third kappa shape index (κ3) is 5.12. The average molecular weight is 442 g/mol. The molecule has 4 nitrogen and oxygen atoms in total. The van der Waals surface area contributed by atoms with Crippen molar-refractivity contribution in [3.63, 3.8) is 0 Å². The smallest absolute Gasteiger partial charge is 0.240 e. The van der Waals surface area contributed by atoms with Crippen LogP contribution in [0.5, 0.6) is 0 Å². The van der Waals surface area contributed by atoms with Crippen LogP contribution in [0.1, 0.15) is 51.4 Å². The quantitative estimate of drug-likeness (QED) is 0.560. The second-order valence-corrected chi connectivity index (χ2v) is 9.45. The molecule has 2 atom stereocenters. The molecule has 1 amide bonds. The number of nitrogens with one attached hydrogen (secondary N) is 1. The number of fused-ring (bicyclic) bond motifs is 1. The summed E-state index contributed by atoms with van der Waals surface area (Å²) in [5.74, 6) is 0.000637. The number of anilines is 1. The zero-order valence-corrected chi connectivity index (χ0v) is 20.2. The summed E-state index contributed by atoms with van der Waals surface area (Å²) < 4.78 is 0. The first-order chi connectivity index (χ1) is 15.8. The fourth-order valence-corrected chi connectivity index (χ4v) is 5.15. The number of aryl methyl sites for hydroxylation is 3. The van der Waals surface area contributed by atoms with Crippen molar-refractivity contribution in [2.45, 2.75) is 52.1 Å². The Morgan fingerprint density at radius 1 is 1.03 bits per heavy atom. The van der Waals surface area contributed by atoms with Gasteiger partial charge in [0.15, 0.2) is 0 Å². The summed E-state index contributed by atoms with van der Waals surface area (Å²) in [6.07, 6.45) is 2.32. The van der Waals surface area contributed by atoms with E-state index in [1.54, 1.807) is 0 Å². The van der Waals surface area contributed by atoms with Crippen molar-refractivity contribution >= 4 is 11.6 Å². The molecule has 1 aliphatic heterocycles. The molecule has 0 bridgehead atoms. The second kappa shape index (κ2) is 9.80. The van der Waals surface area contributed by atoms with Gasteiger partial charge >= 0.3 is 0 Å². The predicted octanol–water partition coefficient (Wildman–Crippen LogP) is 5.09. The minimum atomic E-state index is -0.555. The van der Waals surface area contributed by atoms with Gasteiger partial charge in [-0.05, 0) is 79.5 Å². The highest BCUT2D eigenvalue weighted by Gasteiger charge is 2.30. The summed E-state index contributed by atoms with van der Waals surface area (Å²) in [5.41, 5.74) is 16.1. The van der Waals surface area contributed by atoms with Gasteiger partial charge in [0.2, 0.25) is 5.91 Å². The third-order valence-electron chi connectivity index (χ3n) is 6.86. The maximum atomic E-state index is 13.4. The molecule has 0 spiro atoms. The molecule has 4 rings (SSSR count). The molecule has 33 heavy (non-hydrogen) atoms. The van der Waals surface area contributed by atoms with Gasteiger partial charge in [-0.15, -0.1) is 0 Å². The van der Waals surface area contributed by atoms with Crippen LogP contribution < -0.4 is 11.1 Å². The van der Waals surface area contributed by atoms with Gasteiger partial charge in [-0.3, -0.25) is 4.79 Å². The molecule has 4 heteroatoms. The van der Waals surface area contributed by atoms with Crippen LogP contribution >= 0.6 is 0 Å². The normalized spacial score (nSPS) is 16.0. The van der Waals surface area contributed by atoms with Gasteiger partial charge in [0, 0.05) is 19.3 Å². The van der Waals surface area contributed by atoms with E-state index < -0.39 is 6.04 Å². The summed E-state index contributed by atoms with van der Waals surface area (Å²) in [6.45, 7) is 7.16. The molecule has 3 N–H and O–H groups in total. The Bertz CT molecular complexity index is 1120. The van der Waals surface area contributed by atoms with Gasteiger partial charge in [0.05, 0.1) is 12.1 Å². The lowest BCUT2D eigenvalue weighted by Crippen LogP contribution is -2.45. The van der Waals surface area contributed by atoms with E-state index in [0.717, 1.165) is 25.1 Å². The largest absolute Gasteiger partial charge is 0.385 e. The number of hydrogen-bond acceptors (Lipinski definition) is 3. The molecule has 0 unspecified atom stereocenters. The Morgan fingerprint density at radius 2 is 1.73 bits per heavy atom. The molecule has 3 aromatic carbocycles. The minimum absolute atomic E-state index is 0.000637. The van der Waals surface area contributed by atoms with E-state index >= 15 is 0 Å². The van der Waals surface area contributed by atoms with Crippen LogP contribution in [-0.4, -0.2) is 30.4 Å². The van der Waals surface area contributed by atoms with Crippen LogP contribution in [0.3, 0.4) is 0 Å². The number of nitrogens with two attached hydrogens (primary N) is 1. The van der Waals surface area contributed by atoms with Gasteiger partial charge < -0.3 is 16.0 Å². The zero-order chi connectivity index (χ0) is 23.5.